The van der Waals surface area contributed by atoms with Crippen LogP contribution in [0.5, 0.6) is 11.5 Å². The van der Waals surface area contributed by atoms with Gasteiger partial charge in [-0.05, 0) is 0 Å². The predicted molar refractivity (Wildman–Crippen MR) is 239 cm³/mol. The molecule has 6 heterocycles. The van der Waals surface area contributed by atoms with Crippen molar-refractivity contribution in [1.29, 1.82) is 0 Å². The van der Waals surface area contributed by atoms with Crippen LogP contribution in [0.4, 0.5) is 0 Å². The van der Waals surface area contributed by atoms with E-state index in [2.05, 4.69) is 117 Å². The molecule has 0 spiro atoms. The van der Waals surface area contributed by atoms with Crippen LogP contribution in [0.3, 0.4) is 0 Å². The van der Waals surface area contributed by atoms with Crippen molar-refractivity contribution in [3.63, 3.8) is 0 Å². The first-order valence-corrected chi connectivity index (χ1v) is 41.7. The molecule has 2 nitrogen and oxygen atoms in total. The van der Waals surface area contributed by atoms with Crippen molar-refractivity contribution in [2.45, 2.75) is 57.3 Å². The van der Waals surface area contributed by atoms with Crippen LogP contribution < -0.4 is 15.3 Å². The standard InChI is InChI=1S/C21H15S4.C13H11O2S2.6CH3.2Sn/c1-11-4-6-16(23-11)18-14-8-9-22-20(14)19(17-7-5-12(2)24-17)15-10-13(3)25-21(15)18;1-7-6-9-11(15-3)12-8(4-5-16-12)10(14-2)13(9)17-7;;;;;;;;/h4-8,10H,1-3H3;4,6H,1-3H3;6*1H3;;. The number of rotatable bonds is 6. The summed E-state index contributed by atoms with van der Waals surface area (Å²) in [5, 5.41) is 5.33. The third-order valence-electron chi connectivity index (χ3n) is 8.93. The molecule has 260 valence electrons. The Morgan fingerprint density at radius 1 is 0.420 bits per heavy atom. The molecule has 0 N–H and O–H groups in total. The Morgan fingerprint density at radius 3 is 1.26 bits per heavy atom. The summed E-state index contributed by atoms with van der Waals surface area (Å²) in [5.41, 5.74) is 2.95. The van der Waals surface area contributed by atoms with Crippen molar-refractivity contribution in [1.82, 2.24) is 0 Å². The molecule has 0 aliphatic carbocycles. The summed E-state index contributed by atoms with van der Waals surface area (Å²) in [6.07, 6.45) is 0. The molecule has 2 aromatic carbocycles. The Kier molecular flexibility index (Phi) is 10.4. The first-order chi connectivity index (χ1) is 23.6. The second-order valence-electron chi connectivity index (χ2n) is 15.0. The molecule has 0 saturated heterocycles. The van der Waals surface area contributed by atoms with E-state index >= 15 is 0 Å². The van der Waals surface area contributed by atoms with E-state index in [-0.39, 0.29) is 0 Å². The van der Waals surface area contributed by atoms with Crippen LogP contribution >= 0.6 is 68.0 Å². The summed E-state index contributed by atoms with van der Waals surface area (Å²) in [6.45, 7) is 8.82. The van der Waals surface area contributed by atoms with Crippen LogP contribution in [0.2, 0.25) is 29.6 Å². The summed E-state index contributed by atoms with van der Waals surface area (Å²) >= 11 is 7.32. The molecular formula is C40H44O2S6Sn2. The molecule has 0 unspecified atom stereocenters. The van der Waals surface area contributed by atoms with E-state index in [1.807, 2.05) is 45.3 Å². The molecule has 0 fully saturated rings. The molecule has 0 bridgehead atoms. The quantitative estimate of drug-likeness (QED) is 0.155. The van der Waals surface area contributed by atoms with Crippen LogP contribution in [-0.2, 0) is 0 Å². The van der Waals surface area contributed by atoms with Gasteiger partial charge in [-0.1, -0.05) is 0 Å². The Balaban J connectivity index is 0.000000166. The van der Waals surface area contributed by atoms with Crippen molar-refractivity contribution in [3.8, 4) is 32.4 Å². The van der Waals surface area contributed by atoms with Gasteiger partial charge in [0, 0.05) is 0 Å². The topological polar surface area (TPSA) is 18.5 Å². The zero-order valence-electron chi connectivity index (χ0n) is 30.9. The molecule has 8 rings (SSSR count). The molecule has 0 saturated carbocycles. The average molecular weight is 987 g/mol. The second kappa shape index (κ2) is 13.9. The molecule has 0 atom stereocenters. The number of hydrogen-bond acceptors (Lipinski definition) is 8. The predicted octanol–water partition coefficient (Wildman–Crippen LogP) is 14.0. The van der Waals surface area contributed by atoms with E-state index in [4.69, 9.17) is 9.47 Å². The van der Waals surface area contributed by atoms with Gasteiger partial charge in [-0.3, -0.25) is 0 Å². The molecule has 0 radical (unpaired) electrons. The van der Waals surface area contributed by atoms with E-state index in [0.29, 0.717) is 0 Å². The molecule has 8 aromatic rings. The SMILES string of the molecule is COc1c2c[c]([Sn]([CH3])([CH3])[CH3])sc2c(OC)c2cc(C)sc12.Cc1ccc(-c2c3c[c]([Sn]([CH3])([CH3])[CH3])sc3c(-c3ccc(C)s3)c3cc(C)sc23)s1. The molecular weight excluding hydrogens is 942 g/mol. The van der Waals surface area contributed by atoms with Crippen molar-refractivity contribution < 1.29 is 9.47 Å². The summed E-state index contributed by atoms with van der Waals surface area (Å²) in [4.78, 5) is 23.3. The second-order valence-corrected chi connectivity index (χ2v) is 53.1. The summed E-state index contributed by atoms with van der Waals surface area (Å²) in [6, 6.07) is 18.8. The van der Waals surface area contributed by atoms with Gasteiger partial charge >= 0.3 is 332 Å². The van der Waals surface area contributed by atoms with Gasteiger partial charge in [-0.2, -0.15) is 0 Å². The number of benzene rings is 2. The van der Waals surface area contributed by atoms with Gasteiger partial charge in [-0.25, -0.2) is 0 Å². The van der Waals surface area contributed by atoms with Gasteiger partial charge < -0.3 is 0 Å². The minimum absolute atomic E-state index is 1.01. The average Bonchev–Trinajstić information content (AvgIpc) is 3.87. The summed E-state index contributed by atoms with van der Waals surface area (Å²) in [7, 11) is 3.54. The fourth-order valence-corrected chi connectivity index (χ4v) is 23.5. The minimum atomic E-state index is -2.18. The van der Waals surface area contributed by atoms with Gasteiger partial charge in [0.1, 0.15) is 0 Å². The van der Waals surface area contributed by atoms with Gasteiger partial charge in [-0.15, -0.1) is 0 Å². The third-order valence-corrected chi connectivity index (χ3v) is 34.2. The molecule has 10 heteroatoms. The molecule has 6 aromatic heterocycles. The zero-order chi connectivity index (χ0) is 35.9. The maximum absolute atomic E-state index is 5.76. The first kappa shape index (κ1) is 37.2. The maximum atomic E-state index is 5.76. The van der Waals surface area contributed by atoms with Gasteiger partial charge in [0.05, 0.1) is 0 Å². The van der Waals surface area contributed by atoms with Crippen molar-refractivity contribution >= 4 is 151 Å². The third kappa shape index (κ3) is 6.75. The van der Waals surface area contributed by atoms with Crippen molar-refractivity contribution in [3.05, 3.63) is 68.0 Å². The monoisotopic (exact) mass is 988 g/mol. The number of methoxy groups -OCH3 is 2. The van der Waals surface area contributed by atoms with Crippen LogP contribution in [0, 0.1) is 27.7 Å². The Morgan fingerprint density at radius 2 is 0.800 bits per heavy atom. The molecule has 0 amide bonds. The van der Waals surface area contributed by atoms with Crippen molar-refractivity contribution in [2.75, 3.05) is 14.2 Å². The number of hydrogen-bond donors (Lipinski definition) is 0. The van der Waals surface area contributed by atoms with Crippen LogP contribution in [-0.4, -0.2) is 51.0 Å². The molecule has 0 aliphatic rings. The van der Waals surface area contributed by atoms with E-state index in [9.17, 15) is 0 Å². The number of ether oxygens (including phenoxy) is 2. The number of aryl methyl sites for hydroxylation is 4. The fourth-order valence-electron chi connectivity index (χ4n) is 6.49. The van der Waals surface area contributed by atoms with Gasteiger partial charge in [0.2, 0.25) is 0 Å². The normalized spacial score (nSPS) is 12.4. The number of fused-ring (bicyclic) bond motifs is 4. The first-order valence-electron chi connectivity index (χ1n) is 16.8. The number of thiophene rings is 6. The Bertz CT molecular complexity index is 2380. The van der Waals surface area contributed by atoms with Crippen molar-refractivity contribution in [2.24, 2.45) is 0 Å². The van der Waals surface area contributed by atoms with E-state index < -0.39 is 36.8 Å². The summed E-state index contributed by atoms with van der Waals surface area (Å²) < 4.78 is 20.2. The van der Waals surface area contributed by atoms with Gasteiger partial charge in [0.15, 0.2) is 0 Å². The van der Waals surface area contributed by atoms with Crippen LogP contribution in [0.25, 0.3) is 61.2 Å². The van der Waals surface area contributed by atoms with Crippen LogP contribution in [0.15, 0.2) is 48.5 Å². The Labute approximate surface area is 328 Å². The Hall–Kier alpha value is -1.12. The zero-order valence-corrected chi connectivity index (χ0v) is 41.5. The summed E-state index contributed by atoms with van der Waals surface area (Å²) in [5.74, 6) is 2.02. The van der Waals surface area contributed by atoms with E-state index in [1.54, 1.807) is 31.3 Å². The fraction of sp³-hybridized carbons (Fsp3) is 0.300. The van der Waals surface area contributed by atoms with E-state index in [1.165, 1.54) is 80.7 Å². The molecule has 50 heavy (non-hydrogen) atoms. The van der Waals surface area contributed by atoms with E-state index in [0.717, 1.165) is 11.5 Å². The van der Waals surface area contributed by atoms with Gasteiger partial charge in [0.25, 0.3) is 0 Å². The van der Waals surface area contributed by atoms with Crippen LogP contribution in [0.1, 0.15) is 19.5 Å². The molecule has 0 aliphatic heterocycles.